The highest BCUT2D eigenvalue weighted by molar-refractivity contribution is 5.86. The van der Waals surface area contributed by atoms with Gasteiger partial charge in [-0.2, -0.15) is 0 Å². The molecule has 4 heteroatoms. The van der Waals surface area contributed by atoms with Crippen LogP contribution in [0.2, 0.25) is 0 Å². The molecule has 1 aliphatic heterocycles. The van der Waals surface area contributed by atoms with E-state index in [0.717, 1.165) is 12.1 Å². The summed E-state index contributed by atoms with van der Waals surface area (Å²) in [4.78, 5) is 17.6. The molecule has 104 valence electrons. The van der Waals surface area contributed by atoms with Crippen molar-refractivity contribution in [3.63, 3.8) is 0 Å². The van der Waals surface area contributed by atoms with Gasteiger partial charge in [0.1, 0.15) is 0 Å². The first-order chi connectivity index (χ1) is 9.22. The Hall–Kier alpha value is -1.42. The normalized spacial score (nSPS) is 20.4. The molecule has 0 bridgehead atoms. The van der Waals surface area contributed by atoms with E-state index in [0.29, 0.717) is 12.6 Å². The number of likely N-dealkylation sites (tertiary alicyclic amines) is 1. The van der Waals surface area contributed by atoms with Gasteiger partial charge in [-0.25, -0.2) is 9.78 Å². The summed E-state index contributed by atoms with van der Waals surface area (Å²) < 4.78 is 0. The molecule has 0 aliphatic carbocycles. The van der Waals surface area contributed by atoms with E-state index in [1.165, 1.54) is 32.1 Å². The maximum atomic E-state index is 11.2. The molecule has 0 radical (unpaired) electrons. The Labute approximate surface area is 114 Å². The highest BCUT2D eigenvalue weighted by atomic mass is 16.4. The molecular weight excluding hydrogens is 240 g/mol. The minimum atomic E-state index is -0.931. The fourth-order valence-electron chi connectivity index (χ4n) is 2.91. The Morgan fingerprint density at radius 2 is 2.37 bits per heavy atom. The van der Waals surface area contributed by atoms with Crippen molar-refractivity contribution in [1.82, 2.24) is 9.88 Å². The lowest BCUT2D eigenvalue weighted by molar-refractivity contribution is 0.0685. The second-order valence-corrected chi connectivity index (χ2v) is 5.23. The smallest absolute Gasteiger partial charge is 0.354 e. The molecule has 1 aromatic rings. The maximum Gasteiger partial charge on any atom is 0.354 e. The number of carboxylic acids is 1. The quantitative estimate of drug-likeness (QED) is 0.886. The van der Waals surface area contributed by atoms with Gasteiger partial charge in [0.25, 0.3) is 0 Å². The van der Waals surface area contributed by atoms with E-state index in [1.54, 1.807) is 6.20 Å². The van der Waals surface area contributed by atoms with Gasteiger partial charge in [-0.3, -0.25) is 4.90 Å². The molecule has 1 N–H and O–H groups in total. The average Bonchev–Trinajstić information content (AvgIpc) is 2.42. The van der Waals surface area contributed by atoms with Crippen molar-refractivity contribution >= 4 is 5.97 Å². The van der Waals surface area contributed by atoms with Crippen LogP contribution in [0.25, 0.3) is 0 Å². The molecular formula is C15H22N2O2. The first-order valence-corrected chi connectivity index (χ1v) is 7.13. The zero-order valence-electron chi connectivity index (χ0n) is 11.5. The van der Waals surface area contributed by atoms with Gasteiger partial charge >= 0.3 is 5.97 Å². The second kappa shape index (κ2) is 6.66. The largest absolute Gasteiger partial charge is 0.477 e. The third kappa shape index (κ3) is 3.53. The molecule has 2 heterocycles. The summed E-state index contributed by atoms with van der Waals surface area (Å²) in [5, 5.41) is 9.18. The summed E-state index contributed by atoms with van der Waals surface area (Å²) in [5.74, 6) is -0.931. The number of pyridine rings is 1. The molecule has 0 amide bonds. The minimum absolute atomic E-state index is 0.198. The first kappa shape index (κ1) is 14.0. The summed E-state index contributed by atoms with van der Waals surface area (Å²) in [6.07, 6.45) is 7.66. The van der Waals surface area contributed by atoms with Gasteiger partial charge < -0.3 is 5.11 Å². The van der Waals surface area contributed by atoms with Crippen molar-refractivity contribution in [2.45, 2.75) is 51.6 Å². The van der Waals surface area contributed by atoms with Gasteiger partial charge in [-0.15, -0.1) is 0 Å². The molecule has 2 rings (SSSR count). The SMILES string of the molecule is CCCC1CCCCN1Cc1cccnc1C(=O)O. The van der Waals surface area contributed by atoms with Crippen molar-refractivity contribution in [3.8, 4) is 0 Å². The Kier molecular flexibility index (Phi) is 4.91. The number of hydrogen-bond donors (Lipinski definition) is 1. The minimum Gasteiger partial charge on any atom is -0.477 e. The monoisotopic (exact) mass is 262 g/mol. The molecule has 0 spiro atoms. The maximum absolute atomic E-state index is 11.2. The summed E-state index contributed by atoms with van der Waals surface area (Å²) in [5.41, 5.74) is 1.03. The fourth-order valence-corrected chi connectivity index (χ4v) is 2.91. The Morgan fingerprint density at radius 1 is 1.53 bits per heavy atom. The summed E-state index contributed by atoms with van der Waals surface area (Å²) in [7, 11) is 0. The van der Waals surface area contributed by atoms with Crippen LogP contribution in [-0.4, -0.2) is 33.5 Å². The van der Waals surface area contributed by atoms with Crippen molar-refractivity contribution in [3.05, 3.63) is 29.6 Å². The molecule has 4 nitrogen and oxygen atoms in total. The van der Waals surface area contributed by atoms with Gasteiger partial charge in [-0.1, -0.05) is 25.8 Å². The lowest BCUT2D eigenvalue weighted by Crippen LogP contribution is -2.39. The van der Waals surface area contributed by atoms with Gasteiger partial charge in [0, 0.05) is 18.8 Å². The molecule has 0 saturated carbocycles. The summed E-state index contributed by atoms with van der Waals surface area (Å²) in [6, 6.07) is 4.30. The second-order valence-electron chi connectivity index (χ2n) is 5.23. The molecule has 19 heavy (non-hydrogen) atoms. The molecule has 1 atom stereocenters. The average molecular weight is 262 g/mol. The van der Waals surface area contributed by atoms with Crippen LogP contribution in [0.3, 0.4) is 0 Å². The van der Waals surface area contributed by atoms with Crippen molar-refractivity contribution in [2.75, 3.05) is 6.54 Å². The third-order valence-corrected chi connectivity index (χ3v) is 3.84. The molecule has 1 fully saturated rings. The van der Waals surface area contributed by atoms with Crippen LogP contribution in [0.1, 0.15) is 55.1 Å². The van der Waals surface area contributed by atoms with Crippen LogP contribution in [0.15, 0.2) is 18.3 Å². The van der Waals surface area contributed by atoms with Crippen LogP contribution < -0.4 is 0 Å². The van der Waals surface area contributed by atoms with E-state index < -0.39 is 5.97 Å². The van der Waals surface area contributed by atoms with Crippen LogP contribution in [0.4, 0.5) is 0 Å². The first-order valence-electron chi connectivity index (χ1n) is 7.13. The van der Waals surface area contributed by atoms with Crippen LogP contribution in [0, 0.1) is 0 Å². The lowest BCUT2D eigenvalue weighted by atomic mass is 9.97. The number of nitrogens with zero attached hydrogens (tertiary/aromatic N) is 2. The summed E-state index contributed by atoms with van der Waals surface area (Å²) >= 11 is 0. The number of rotatable bonds is 5. The zero-order valence-corrected chi connectivity index (χ0v) is 11.5. The number of piperidine rings is 1. The summed E-state index contributed by atoms with van der Waals surface area (Å²) in [6.45, 7) is 3.98. The van der Waals surface area contributed by atoms with Crippen molar-refractivity contribution in [1.29, 1.82) is 0 Å². The van der Waals surface area contributed by atoms with E-state index >= 15 is 0 Å². The Balaban J connectivity index is 2.12. The van der Waals surface area contributed by atoms with Gasteiger partial charge in [0.05, 0.1) is 0 Å². The third-order valence-electron chi connectivity index (χ3n) is 3.84. The molecule has 1 aliphatic rings. The van der Waals surface area contributed by atoms with Crippen LogP contribution in [0.5, 0.6) is 0 Å². The highest BCUT2D eigenvalue weighted by Crippen LogP contribution is 2.23. The number of aromatic carboxylic acids is 1. The van der Waals surface area contributed by atoms with E-state index in [-0.39, 0.29) is 5.69 Å². The highest BCUT2D eigenvalue weighted by Gasteiger charge is 2.23. The predicted molar refractivity (Wildman–Crippen MR) is 74.2 cm³/mol. The molecule has 1 saturated heterocycles. The van der Waals surface area contributed by atoms with Gasteiger partial charge in [-0.05, 0) is 37.4 Å². The van der Waals surface area contributed by atoms with E-state index in [9.17, 15) is 9.90 Å². The molecule has 1 aromatic heterocycles. The molecule has 1 unspecified atom stereocenters. The Bertz CT molecular complexity index is 432. The van der Waals surface area contributed by atoms with Gasteiger partial charge in [0.2, 0.25) is 0 Å². The van der Waals surface area contributed by atoms with E-state index in [2.05, 4.69) is 16.8 Å². The number of carbonyl (C=O) groups is 1. The van der Waals surface area contributed by atoms with Crippen LogP contribution >= 0.6 is 0 Å². The van der Waals surface area contributed by atoms with E-state index in [4.69, 9.17) is 0 Å². The number of carboxylic acid groups (broad SMARTS) is 1. The molecule has 0 aromatic carbocycles. The van der Waals surface area contributed by atoms with Crippen molar-refractivity contribution in [2.24, 2.45) is 0 Å². The van der Waals surface area contributed by atoms with Crippen molar-refractivity contribution < 1.29 is 9.90 Å². The number of aromatic nitrogens is 1. The standard InChI is InChI=1S/C15H22N2O2/c1-2-6-13-8-3-4-10-17(13)11-12-7-5-9-16-14(12)15(18)19/h5,7,9,13H,2-4,6,8,10-11H2,1H3,(H,18,19). The zero-order chi connectivity index (χ0) is 13.7. The van der Waals surface area contributed by atoms with Crippen LogP contribution in [-0.2, 0) is 6.54 Å². The lowest BCUT2D eigenvalue weighted by Gasteiger charge is -2.35. The Morgan fingerprint density at radius 3 is 3.11 bits per heavy atom. The predicted octanol–water partition coefficient (Wildman–Crippen LogP) is 2.93. The fraction of sp³-hybridized carbons (Fsp3) is 0.600. The van der Waals surface area contributed by atoms with E-state index in [1.807, 2.05) is 12.1 Å². The number of hydrogen-bond acceptors (Lipinski definition) is 3. The van der Waals surface area contributed by atoms with Gasteiger partial charge in [0.15, 0.2) is 5.69 Å². The topological polar surface area (TPSA) is 53.4 Å².